The van der Waals surface area contributed by atoms with Gasteiger partial charge in [0.25, 0.3) is 0 Å². The first kappa shape index (κ1) is 10.1. The van der Waals surface area contributed by atoms with Crippen LogP contribution in [0.4, 0.5) is 0 Å². The fourth-order valence-electron chi connectivity index (χ4n) is 1.74. The molecule has 1 amide bonds. The molecule has 0 radical (unpaired) electrons. The summed E-state index contributed by atoms with van der Waals surface area (Å²) < 4.78 is 1.52. The lowest BCUT2D eigenvalue weighted by atomic mass is 10.3. The SMILES string of the molecule is CC(C(=O)N1CCC(O)C1)n1cncn1. The van der Waals surface area contributed by atoms with Gasteiger partial charge in [0.05, 0.1) is 6.10 Å². The maximum atomic E-state index is 11.9. The molecular weight excluding hydrogens is 196 g/mol. The standard InChI is InChI=1S/C9H14N4O2/c1-7(13-6-10-5-11-13)9(15)12-3-2-8(14)4-12/h5-8,14H,2-4H2,1H3. The minimum absolute atomic E-state index is 0.0166. The number of hydrogen-bond donors (Lipinski definition) is 1. The highest BCUT2D eigenvalue weighted by atomic mass is 16.3. The highest BCUT2D eigenvalue weighted by Gasteiger charge is 2.28. The topological polar surface area (TPSA) is 71.2 Å². The van der Waals surface area contributed by atoms with E-state index in [2.05, 4.69) is 10.1 Å². The molecule has 1 N–H and O–H groups in total. The predicted octanol–water partition coefficient (Wildman–Crippen LogP) is -0.568. The van der Waals surface area contributed by atoms with Gasteiger partial charge in [-0.3, -0.25) is 4.79 Å². The molecule has 15 heavy (non-hydrogen) atoms. The Morgan fingerprint density at radius 2 is 2.47 bits per heavy atom. The number of β-amino-alcohol motifs (C(OH)–C–C–N with tert-alkyl or cyclic N) is 1. The molecule has 2 atom stereocenters. The fraction of sp³-hybridized carbons (Fsp3) is 0.667. The zero-order valence-electron chi connectivity index (χ0n) is 8.58. The molecule has 0 spiro atoms. The van der Waals surface area contributed by atoms with Gasteiger partial charge in [-0.05, 0) is 13.3 Å². The monoisotopic (exact) mass is 210 g/mol. The van der Waals surface area contributed by atoms with E-state index in [4.69, 9.17) is 0 Å². The van der Waals surface area contributed by atoms with E-state index in [1.54, 1.807) is 11.8 Å². The van der Waals surface area contributed by atoms with Gasteiger partial charge in [0, 0.05) is 13.1 Å². The predicted molar refractivity (Wildman–Crippen MR) is 51.9 cm³/mol. The lowest BCUT2D eigenvalue weighted by Gasteiger charge is -2.20. The Morgan fingerprint density at radius 1 is 1.67 bits per heavy atom. The number of amides is 1. The zero-order chi connectivity index (χ0) is 10.8. The minimum atomic E-state index is -0.378. The zero-order valence-corrected chi connectivity index (χ0v) is 8.58. The third kappa shape index (κ3) is 1.99. The van der Waals surface area contributed by atoms with Gasteiger partial charge >= 0.3 is 0 Å². The maximum Gasteiger partial charge on any atom is 0.247 e. The van der Waals surface area contributed by atoms with Crippen LogP contribution in [0.15, 0.2) is 12.7 Å². The third-order valence-corrected chi connectivity index (χ3v) is 2.67. The lowest BCUT2D eigenvalue weighted by molar-refractivity contribution is -0.133. The number of carbonyl (C=O) groups is 1. The van der Waals surface area contributed by atoms with Gasteiger partial charge in [-0.1, -0.05) is 0 Å². The average molecular weight is 210 g/mol. The fourth-order valence-corrected chi connectivity index (χ4v) is 1.74. The van der Waals surface area contributed by atoms with Crippen molar-refractivity contribution in [2.24, 2.45) is 0 Å². The molecule has 0 aromatic carbocycles. The van der Waals surface area contributed by atoms with Crippen molar-refractivity contribution in [1.82, 2.24) is 19.7 Å². The summed E-state index contributed by atoms with van der Waals surface area (Å²) in [6.45, 7) is 2.83. The van der Waals surface area contributed by atoms with Gasteiger partial charge in [-0.25, -0.2) is 9.67 Å². The normalized spacial score (nSPS) is 23.1. The van der Waals surface area contributed by atoms with Crippen LogP contribution in [-0.4, -0.2) is 49.9 Å². The van der Waals surface area contributed by atoms with Gasteiger partial charge in [0.2, 0.25) is 5.91 Å². The van der Waals surface area contributed by atoms with Crippen LogP contribution in [0.5, 0.6) is 0 Å². The number of aliphatic hydroxyl groups is 1. The molecule has 1 aliphatic heterocycles. The van der Waals surface area contributed by atoms with Crippen molar-refractivity contribution in [3.63, 3.8) is 0 Å². The molecule has 0 saturated carbocycles. The summed E-state index contributed by atoms with van der Waals surface area (Å²) in [5.74, 6) is -0.0166. The van der Waals surface area contributed by atoms with Crippen molar-refractivity contribution in [1.29, 1.82) is 0 Å². The highest BCUT2D eigenvalue weighted by Crippen LogP contribution is 2.14. The average Bonchev–Trinajstić information content (AvgIpc) is 2.85. The number of aliphatic hydroxyl groups excluding tert-OH is 1. The van der Waals surface area contributed by atoms with Gasteiger partial charge < -0.3 is 10.0 Å². The summed E-state index contributed by atoms with van der Waals surface area (Å²) in [5.41, 5.74) is 0. The van der Waals surface area contributed by atoms with E-state index < -0.39 is 0 Å². The van der Waals surface area contributed by atoms with E-state index >= 15 is 0 Å². The van der Waals surface area contributed by atoms with Crippen LogP contribution in [0.1, 0.15) is 19.4 Å². The van der Waals surface area contributed by atoms with Crippen molar-refractivity contribution >= 4 is 5.91 Å². The molecule has 2 heterocycles. The van der Waals surface area contributed by atoms with E-state index in [1.165, 1.54) is 17.3 Å². The van der Waals surface area contributed by atoms with Crippen molar-refractivity contribution in [2.75, 3.05) is 13.1 Å². The van der Waals surface area contributed by atoms with Crippen molar-refractivity contribution < 1.29 is 9.90 Å². The second-order valence-electron chi connectivity index (χ2n) is 3.78. The molecule has 1 aliphatic rings. The van der Waals surface area contributed by atoms with Gasteiger partial charge in [-0.15, -0.1) is 0 Å². The van der Waals surface area contributed by atoms with Gasteiger partial charge in [0.1, 0.15) is 18.7 Å². The molecule has 82 valence electrons. The largest absolute Gasteiger partial charge is 0.391 e. The van der Waals surface area contributed by atoms with Gasteiger partial charge in [0.15, 0.2) is 0 Å². The van der Waals surface area contributed by atoms with Gasteiger partial charge in [-0.2, -0.15) is 5.10 Å². The Labute approximate surface area is 87.5 Å². The lowest BCUT2D eigenvalue weighted by Crippen LogP contribution is -2.35. The van der Waals surface area contributed by atoms with E-state index in [-0.39, 0.29) is 18.1 Å². The van der Waals surface area contributed by atoms with E-state index in [1.807, 2.05) is 0 Å². The smallest absolute Gasteiger partial charge is 0.247 e. The second kappa shape index (κ2) is 3.98. The number of nitrogens with zero attached hydrogens (tertiary/aromatic N) is 4. The summed E-state index contributed by atoms with van der Waals surface area (Å²) in [6.07, 6.45) is 3.21. The van der Waals surface area contributed by atoms with E-state index in [9.17, 15) is 9.90 Å². The van der Waals surface area contributed by atoms with E-state index in [0.717, 1.165) is 0 Å². The molecule has 1 fully saturated rings. The summed E-state index contributed by atoms with van der Waals surface area (Å²) >= 11 is 0. The maximum absolute atomic E-state index is 11.9. The van der Waals surface area contributed by atoms with Crippen LogP contribution in [0, 0.1) is 0 Å². The molecule has 1 aromatic heterocycles. The summed E-state index contributed by atoms with van der Waals surface area (Å²) in [7, 11) is 0. The first-order valence-electron chi connectivity index (χ1n) is 4.99. The molecule has 0 bridgehead atoms. The first-order valence-corrected chi connectivity index (χ1v) is 4.99. The van der Waals surface area contributed by atoms with E-state index in [0.29, 0.717) is 19.5 Å². The molecule has 6 nitrogen and oxygen atoms in total. The van der Waals surface area contributed by atoms with Crippen molar-refractivity contribution in [3.8, 4) is 0 Å². The first-order chi connectivity index (χ1) is 7.18. The summed E-state index contributed by atoms with van der Waals surface area (Å²) in [6, 6.07) is -0.349. The second-order valence-corrected chi connectivity index (χ2v) is 3.78. The Hall–Kier alpha value is -1.43. The highest BCUT2D eigenvalue weighted by molar-refractivity contribution is 5.80. The van der Waals surface area contributed by atoms with Crippen LogP contribution >= 0.6 is 0 Å². The Morgan fingerprint density at radius 3 is 3.00 bits per heavy atom. The molecule has 0 aliphatic carbocycles. The summed E-state index contributed by atoms with van der Waals surface area (Å²) in [5, 5.41) is 13.3. The van der Waals surface area contributed by atoms with Crippen LogP contribution < -0.4 is 0 Å². The number of hydrogen-bond acceptors (Lipinski definition) is 4. The van der Waals surface area contributed by atoms with Crippen LogP contribution in [-0.2, 0) is 4.79 Å². The quantitative estimate of drug-likeness (QED) is 0.709. The number of aromatic nitrogens is 3. The Kier molecular flexibility index (Phi) is 2.68. The van der Waals surface area contributed by atoms with Crippen LogP contribution in [0.3, 0.4) is 0 Å². The molecule has 6 heteroatoms. The Balaban J connectivity index is 2.02. The number of rotatable bonds is 2. The van der Waals surface area contributed by atoms with Crippen LogP contribution in [0.25, 0.3) is 0 Å². The molecule has 2 unspecified atom stereocenters. The molecule has 2 rings (SSSR count). The number of carbonyl (C=O) groups excluding carboxylic acids is 1. The summed E-state index contributed by atoms with van der Waals surface area (Å²) in [4.78, 5) is 17.4. The minimum Gasteiger partial charge on any atom is -0.391 e. The van der Waals surface area contributed by atoms with Crippen molar-refractivity contribution in [2.45, 2.75) is 25.5 Å². The molecule has 1 saturated heterocycles. The third-order valence-electron chi connectivity index (χ3n) is 2.67. The number of likely N-dealkylation sites (tertiary alicyclic amines) is 1. The van der Waals surface area contributed by atoms with Crippen LogP contribution in [0.2, 0.25) is 0 Å². The molecule has 1 aromatic rings. The Bertz CT molecular complexity index is 338. The molecular formula is C9H14N4O2. The van der Waals surface area contributed by atoms with Crippen molar-refractivity contribution in [3.05, 3.63) is 12.7 Å².